The van der Waals surface area contributed by atoms with E-state index in [1.807, 2.05) is 6.07 Å². The average Bonchev–Trinajstić information content (AvgIpc) is 1.90. The normalized spacial score (nSPS) is 7.56. The van der Waals surface area contributed by atoms with Crippen LogP contribution in [0.25, 0.3) is 0 Å². The third-order valence-corrected chi connectivity index (χ3v) is 0.862. The standard InChI is InChI=1S/C6H5NO.Al.3H/c8-7-6-4-2-1-3-5-6;;;;/h1-5H;;;;. The quantitative estimate of drug-likeness (QED) is 0.417. The van der Waals surface area contributed by atoms with Crippen molar-refractivity contribution in [1.29, 1.82) is 0 Å². The van der Waals surface area contributed by atoms with Crippen molar-refractivity contribution >= 4 is 23.0 Å². The summed E-state index contributed by atoms with van der Waals surface area (Å²) in [6.45, 7) is 0. The van der Waals surface area contributed by atoms with E-state index < -0.39 is 0 Å². The summed E-state index contributed by atoms with van der Waals surface area (Å²) in [6, 6.07) is 8.71. The summed E-state index contributed by atoms with van der Waals surface area (Å²) in [5.41, 5.74) is 0.479. The van der Waals surface area contributed by atoms with Crippen LogP contribution in [-0.4, -0.2) is 17.4 Å². The smallest absolute Gasteiger partial charge is 0.145 e. The lowest BCUT2D eigenvalue weighted by Gasteiger charge is -1.80. The Morgan fingerprint density at radius 1 is 1.11 bits per heavy atom. The fourth-order valence-corrected chi connectivity index (χ4v) is 0.489. The molecule has 0 spiro atoms. The topological polar surface area (TPSA) is 29.4 Å². The summed E-state index contributed by atoms with van der Waals surface area (Å²) in [7, 11) is 0. The molecule has 9 heavy (non-hydrogen) atoms. The van der Waals surface area contributed by atoms with Crippen molar-refractivity contribution in [1.82, 2.24) is 0 Å². The van der Waals surface area contributed by atoms with E-state index in [2.05, 4.69) is 5.18 Å². The molecule has 0 aliphatic heterocycles. The Morgan fingerprint density at radius 3 is 2.00 bits per heavy atom. The van der Waals surface area contributed by atoms with Gasteiger partial charge in [0.05, 0.1) is 0 Å². The second kappa shape index (κ2) is 4.25. The first-order chi connectivity index (χ1) is 3.93. The summed E-state index contributed by atoms with van der Waals surface area (Å²) in [5, 5.41) is 2.72. The molecule has 1 aromatic carbocycles. The minimum absolute atomic E-state index is 0. The Kier molecular flexibility index (Phi) is 3.95. The maximum atomic E-state index is 9.76. The summed E-state index contributed by atoms with van der Waals surface area (Å²) in [4.78, 5) is 9.76. The third kappa shape index (κ3) is 2.41. The van der Waals surface area contributed by atoms with E-state index in [1.165, 1.54) is 0 Å². The van der Waals surface area contributed by atoms with Gasteiger partial charge in [-0.2, -0.15) is 0 Å². The molecule has 0 saturated heterocycles. The molecule has 0 amide bonds. The number of nitroso groups, excluding NO2 is 1. The molecular weight excluding hydrogens is 129 g/mol. The zero-order valence-corrected chi connectivity index (χ0v) is 4.24. The molecule has 0 bridgehead atoms. The molecule has 0 aromatic heterocycles. The van der Waals surface area contributed by atoms with Crippen molar-refractivity contribution in [2.45, 2.75) is 0 Å². The average molecular weight is 137 g/mol. The van der Waals surface area contributed by atoms with Gasteiger partial charge in [-0.1, -0.05) is 18.2 Å². The molecule has 0 heterocycles. The van der Waals surface area contributed by atoms with Crippen LogP contribution in [0.2, 0.25) is 0 Å². The highest BCUT2D eigenvalue weighted by Crippen LogP contribution is 2.07. The molecule has 3 heteroatoms. The molecule has 0 unspecified atom stereocenters. The molecule has 2 nitrogen and oxygen atoms in total. The van der Waals surface area contributed by atoms with Gasteiger partial charge in [0.25, 0.3) is 0 Å². The lowest BCUT2D eigenvalue weighted by molar-refractivity contribution is 1.50. The minimum Gasteiger partial charge on any atom is -0.145 e. The van der Waals surface area contributed by atoms with Crippen LogP contribution in [0, 0.1) is 4.91 Å². The van der Waals surface area contributed by atoms with E-state index >= 15 is 0 Å². The third-order valence-electron chi connectivity index (χ3n) is 0.862. The zero-order valence-electron chi connectivity index (χ0n) is 4.24. The van der Waals surface area contributed by atoms with E-state index in [0.717, 1.165) is 0 Å². The van der Waals surface area contributed by atoms with E-state index in [-0.39, 0.29) is 17.4 Å². The predicted octanol–water partition coefficient (Wildman–Crippen LogP) is 0.901. The first-order valence-corrected chi connectivity index (χ1v) is 2.32. The van der Waals surface area contributed by atoms with E-state index in [4.69, 9.17) is 0 Å². The lowest BCUT2D eigenvalue weighted by Crippen LogP contribution is -1.56. The molecule has 0 radical (unpaired) electrons. The number of rotatable bonds is 1. The van der Waals surface area contributed by atoms with Crippen LogP contribution in [-0.2, 0) is 0 Å². The van der Waals surface area contributed by atoms with Gasteiger partial charge in [-0.15, -0.1) is 4.91 Å². The van der Waals surface area contributed by atoms with Crippen LogP contribution >= 0.6 is 0 Å². The van der Waals surface area contributed by atoms with Crippen LogP contribution in [0.5, 0.6) is 0 Å². The maximum Gasteiger partial charge on any atom is 0.187 e. The fraction of sp³-hybridized carbons (Fsp3) is 0. The van der Waals surface area contributed by atoms with Crippen molar-refractivity contribution in [3.63, 3.8) is 0 Å². The molecule has 0 aliphatic carbocycles. The van der Waals surface area contributed by atoms with Gasteiger partial charge >= 0.3 is 0 Å². The monoisotopic (exact) mass is 137 g/mol. The van der Waals surface area contributed by atoms with Gasteiger partial charge in [0.1, 0.15) is 5.69 Å². The highest BCUT2D eigenvalue weighted by atomic mass is 27.0. The van der Waals surface area contributed by atoms with Gasteiger partial charge in [-0.3, -0.25) is 0 Å². The van der Waals surface area contributed by atoms with Crippen LogP contribution in [0.4, 0.5) is 5.69 Å². The van der Waals surface area contributed by atoms with Crippen LogP contribution in [0.3, 0.4) is 0 Å². The van der Waals surface area contributed by atoms with Crippen molar-refractivity contribution in [2.24, 2.45) is 5.18 Å². The first kappa shape index (κ1) is 8.35. The van der Waals surface area contributed by atoms with Crippen LogP contribution in [0.1, 0.15) is 0 Å². The van der Waals surface area contributed by atoms with Crippen molar-refractivity contribution in [2.75, 3.05) is 0 Å². The molecule has 0 aliphatic rings. The first-order valence-electron chi connectivity index (χ1n) is 2.32. The highest BCUT2D eigenvalue weighted by molar-refractivity contribution is 5.75. The molecule has 1 aromatic rings. The van der Waals surface area contributed by atoms with Gasteiger partial charge in [-0.05, 0) is 17.3 Å². The SMILES string of the molecule is O=Nc1ccccc1.[AlH3]. The summed E-state index contributed by atoms with van der Waals surface area (Å²) in [6.07, 6.45) is 0. The largest absolute Gasteiger partial charge is 0.187 e. The van der Waals surface area contributed by atoms with E-state index in [1.54, 1.807) is 24.3 Å². The van der Waals surface area contributed by atoms with Gasteiger partial charge < -0.3 is 0 Å². The number of hydrogen-bond acceptors (Lipinski definition) is 2. The Bertz CT molecular complexity index is 176. The fourth-order valence-electron chi connectivity index (χ4n) is 0.489. The second-order valence-corrected chi connectivity index (χ2v) is 1.43. The Balaban J connectivity index is 0.000000640. The van der Waals surface area contributed by atoms with Gasteiger partial charge in [0.15, 0.2) is 17.4 Å². The molecule has 0 atom stereocenters. The van der Waals surface area contributed by atoms with Crippen molar-refractivity contribution in [3.8, 4) is 0 Å². The van der Waals surface area contributed by atoms with E-state index in [0.29, 0.717) is 5.69 Å². The van der Waals surface area contributed by atoms with Gasteiger partial charge in [0, 0.05) is 0 Å². The van der Waals surface area contributed by atoms with Gasteiger partial charge in [-0.25, -0.2) is 0 Å². The number of nitrogens with zero attached hydrogens (tertiary/aromatic N) is 1. The summed E-state index contributed by atoms with van der Waals surface area (Å²) < 4.78 is 0. The second-order valence-electron chi connectivity index (χ2n) is 1.43. The molecule has 0 fully saturated rings. The molecule has 1 rings (SSSR count). The zero-order chi connectivity index (χ0) is 5.82. The molecular formula is C6H8AlNO. The maximum absolute atomic E-state index is 9.76. The number of hydrogen-bond donors (Lipinski definition) is 0. The number of benzene rings is 1. The van der Waals surface area contributed by atoms with Crippen molar-refractivity contribution < 1.29 is 0 Å². The Labute approximate surface area is 64.0 Å². The lowest BCUT2D eigenvalue weighted by atomic mass is 10.3. The summed E-state index contributed by atoms with van der Waals surface area (Å²) in [5.74, 6) is 0. The van der Waals surface area contributed by atoms with Gasteiger partial charge in [0.2, 0.25) is 0 Å². The van der Waals surface area contributed by atoms with Crippen LogP contribution < -0.4 is 0 Å². The van der Waals surface area contributed by atoms with Crippen molar-refractivity contribution in [3.05, 3.63) is 35.2 Å². The molecule has 46 valence electrons. The Morgan fingerprint density at radius 2 is 1.67 bits per heavy atom. The molecule has 0 N–H and O–H groups in total. The summed E-state index contributed by atoms with van der Waals surface area (Å²) >= 11 is 0. The Hall–Kier alpha value is -0.648. The predicted molar refractivity (Wildman–Crippen MR) is 41.8 cm³/mol. The van der Waals surface area contributed by atoms with Crippen LogP contribution in [0.15, 0.2) is 35.5 Å². The highest BCUT2D eigenvalue weighted by Gasteiger charge is 1.81. The minimum atomic E-state index is 0. The molecule has 0 saturated carbocycles. The van der Waals surface area contributed by atoms with E-state index in [9.17, 15) is 4.91 Å².